The summed E-state index contributed by atoms with van der Waals surface area (Å²) in [4.78, 5) is 10.4. The lowest BCUT2D eigenvalue weighted by atomic mass is 9.98. The SMILES string of the molecule is c1ccc(-c2nc3ccc4ccccc4c3nc2-c2ccc3ccc4c5ccccc5oc4c3c2)cc1. The molecule has 0 aliphatic rings. The topological polar surface area (TPSA) is 38.9 Å². The van der Waals surface area contributed by atoms with Crippen molar-refractivity contribution in [3.63, 3.8) is 0 Å². The minimum atomic E-state index is 0.866. The number of rotatable bonds is 2. The zero-order valence-corrected chi connectivity index (χ0v) is 19.8. The molecule has 0 atom stereocenters. The number of hydrogen-bond donors (Lipinski definition) is 0. The van der Waals surface area contributed by atoms with Gasteiger partial charge in [0.15, 0.2) is 0 Å². The molecule has 172 valence electrons. The van der Waals surface area contributed by atoms with Crippen molar-refractivity contribution in [2.75, 3.05) is 0 Å². The molecule has 0 saturated heterocycles. The Labute approximate surface area is 212 Å². The van der Waals surface area contributed by atoms with E-state index in [0.29, 0.717) is 0 Å². The lowest BCUT2D eigenvalue weighted by Gasteiger charge is -2.13. The van der Waals surface area contributed by atoms with Gasteiger partial charge in [-0.3, -0.25) is 0 Å². The first-order valence-corrected chi connectivity index (χ1v) is 12.4. The molecule has 0 fully saturated rings. The molecular formula is C34H20N2O. The van der Waals surface area contributed by atoms with E-state index in [1.807, 2.05) is 30.3 Å². The van der Waals surface area contributed by atoms with E-state index in [0.717, 1.165) is 77.0 Å². The van der Waals surface area contributed by atoms with Gasteiger partial charge in [0.05, 0.1) is 22.4 Å². The molecule has 2 aromatic heterocycles. The summed E-state index contributed by atoms with van der Waals surface area (Å²) in [5.41, 5.74) is 7.41. The summed E-state index contributed by atoms with van der Waals surface area (Å²) in [6.45, 7) is 0. The fourth-order valence-corrected chi connectivity index (χ4v) is 5.44. The quantitative estimate of drug-likeness (QED) is 0.235. The molecule has 2 heterocycles. The summed E-state index contributed by atoms with van der Waals surface area (Å²) >= 11 is 0. The van der Waals surface area contributed by atoms with Crippen LogP contribution in [0.3, 0.4) is 0 Å². The minimum Gasteiger partial charge on any atom is -0.455 e. The third-order valence-corrected chi connectivity index (χ3v) is 7.24. The lowest BCUT2D eigenvalue weighted by Crippen LogP contribution is -1.96. The van der Waals surface area contributed by atoms with Crippen LogP contribution in [0.2, 0.25) is 0 Å². The van der Waals surface area contributed by atoms with E-state index < -0.39 is 0 Å². The summed E-state index contributed by atoms with van der Waals surface area (Å²) in [7, 11) is 0. The van der Waals surface area contributed by atoms with Gasteiger partial charge in [-0.1, -0.05) is 97.1 Å². The fraction of sp³-hybridized carbons (Fsp3) is 0. The Morgan fingerprint density at radius 3 is 2.08 bits per heavy atom. The second-order valence-corrected chi connectivity index (χ2v) is 9.42. The molecule has 0 aliphatic heterocycles. The Balaban J connectivity index is 1.47. The predicted octanol–water partition coefficient (Wildman–Crippen LogP) is 9.17. The normalized spacial score (nSPS) is 11.8. The van der Waals surface area contributed by atoms with Gasteiger partial charge in [0.25, 0.3) is 0 Å². The molecule has 0 radical (unpaired) electrons. The van der Waals surface area contributed by atoms with Crippen LogP contribution in [0, 0.1) is 0 Å². The van der Waals surface area contributed by atoms with E-state index in [-0.39, 0.29) is 0 Å². The summed E-state index contributed by atoms with van der Waals surface area (Å²) in [5, 5.41) is 6.73. The van der Waals surface area contributed by atoms with Crippen LogP contribution in [0.4, 0.5) is 0 Å². The third-order valence-electron chi connectivity index (χ3n) is 7.24. The summed E-state index contributed by atoms with van der Waals surface area (Å²) in [6.07, 6.45) is 0. The number of para-hydroxylation sites is 1. The fourth-order valence-electron chi connectivity index (χ4n) is 5.44. The number of hydrogen-bond acceptors (Lipinski definition) is 3. The third kappa shape index (κ3) is 3.08. The van der Waals surface area contributed by atoms with Gasteiger partial charge in [0.1, 0.15) is 11.2 Å². The maximum atomic E-state index is 6.36. The largest absolute Gasteiger partial charge is 0.455 e. The molecule has 0 aliphatic carbocycles. The van der Waals surface area contributed by atoms with Crippen LogP contribution >= 0.6 is 0 Å². The average Bonchev–Trinajstić information content (AvgIpc) is 3.36. The highest BCUT2D eigenvalue weighted by Crippen LogP contribution is 2.38. The van der Waals surface area contributed by atoms with Gasteiger partial charge >= 0.3 is 0 Å². The van der Waals surface area contributed by atoms with Crippen LogP contribution in [-0.2, 0) is 0 Å². The molecule has 0 N–H and O–H groups in total. The first-order chi connectivity index (χ1) is 18.3. The Kier molecular flexibility index (Phi) is 4.23. The highest BCUT2D eigenvalue weighted by atomic mass is 16.3. The Bertz CT molecular complexity index is 2140. The molecule has 6 aromatic carbocycles. The van der Waals surface area contributed by atoms with E-state index in [2.05, 4.69) is 91.0 Å². The zero-order valence-electron chi connectivity index (χ0n) is 19.8. The summed E-state index contributed by atoms with van der Waals surface area (Å²) < 4.78 is 6.36. The van der Waals surface area contributed by atoms with E-state index in [4.69, 9.17) is 14.4 Å². The maximum absolute atomic E-state index is 6.36. The second-order valence-electron chi connectivity index (χ2n) is 9.42. The molecule has 0 unspecified atom stereocenters. The Morgan fingerprint density at radius 2 is 1.16 bits per heavy atom. The van der Waals surface area contributed by atoms with Crippen LogP contribution in [0.25, 0.3) is 77.0 Å². The minimum absolute atomic E-state index is 0.866. The lowest BCUT2D eigenvalue weighted by molar-refractivity contribution is 0.672. The molecular weight excluding hydrogens is 452 g/mol. The van der Waals surface area contributed by atoms with Crippen LogP contribution in [0.5, 0.6) is 0 Å². The van der Waals surface area contributed by atoms with Crippen molar-refractivity contribution in [2.24, 2.45) is 0 Å². The molecule has 8 aromatic rings. The number of benzene rings is 6. The monoisotopic (exact) mass is 472 g/mol. The summed E-state index contributed by atoms with van der Waals surface area (Å²) in [6, 6.07) is 41.9. The van der Waals surface area contributed by atoms with Crippen LogP contribution in [-0.4, -0.2) is 9.97 Å². The molecule has 37 heavy (non-hydrogen) atoms. The van der Waals surface area contributed by atoms with Crippen LogP contribution in [0.15, 0.2) is 126 Å². The molecule has 3 nitrogen and oxygen atoms in total. The van der Waals surface area contributed by atoms with Crippen molar-refractivity contribution in [2.45, 2.75) is 0 Å². The van der Waals surface area contributed by atoms with Gasteiger partial charge in [0.2, 0.25) is 0 Å². The number of furan rings is 1. The molecule has 3 heteroatoms. The first kappa shape index (κ1) is 20.2. The highest BCUT2D eigenvalue weighted by Gasteiger charge is 2.17. The van der Waals surface area contributed by atoms with E-state index in [9.17, 15) is 0 Å². The van der Waals surface area contributed by atoms with Gasteiger partial charge in [-0.15, -0.1) is 0 Å². The van der Waals surface area contributed by atoms with Crippen molar-refractivity contribution < 1.29 is 4.42 Å². The van der Waals surface area contributed by atoms with Crippen molar-refractivity contribution in [3.05, 3.63) is 121 Å². The van der Waals surface area contributed by atoms with Crippen molar-refractivity contribution in [3.8, 4) is 22.5 Å². The summed E-state index contributed by atoms with van der Waals surface area (Å²) in [5.74, 6) is 0. The van der Waals surface area contributed by atoms with Gasteiger partial charge in [0, 0.05) is 32.7 Å². The maximum Gasteiger partial charge on any atom is 0.143 e. The van der Waals surface area contributed by atoms with Crippen LogP contribution in [0.1, 0.15) is 0 Å². The molecule has 0 saturated carbocycles. The number of nitrogens with zero attached hydrogens (tertiary/aromatic N) is 2. The van der Waals surface area contributed by atoms with Gasteiger partial charge in [-0.05, 0) is 35.0 Å². The van der Waals surface area contributed by atoms with Crippen molar-refractivity contribution in [1.29, 1.82) is 0 Å². The van der Waals surface area contributed by atoms with E-state index >= 15 is 0 Å². The second kappa shape index (κ2) is 7.74. The average molecular weight is 473 g/mol. The molecule has 0 spiro atoms. The van der Waals surface area contributed by atoms with Crippen LogP contribution < -0.4 is 0 Å². The van der Waals surface area contributed by atoms with Gasteiger partial charge in [-0.2, -0.15) is 0 Å². The smallest absolute Gasteiger partial charge is 0.143 e. The van der Waals surface area contributed by atoms with E-state index in [1.165, 1.54) is 0 Å². The molecule has 8 rings (SSSR count). The van der Waals surface area contributed by atoms with Gasteiger partial charge in [-0.25, -0.2) is 9.97 Å². The Morgan fingerprint density at radius 1 is 0.459 bits per heavy atom. The standard InChI is InChI=1S/C34H20N2O/c1-2-9-23(10-3-1)31-32(36-33-25-11-5-4-8-21(25)17-19-29(33)35-31)24-15-14-22-16-18-27-26-12-6-7-13-30(26)37-34(27)28(22)20-24/h1-20H. The molecule has 0 bridgehead atoms. The highest BCUT2D eigenvalue weighted by molar-refractivity contribution is 6.15. The number of aromatic nitrogens is 2. The predicted molar refractivity (Wildman–Crippen MR) is 153 cm³/mol. The zero-order chi connectivity index (χ0) is 24.3. The first-order valence-electron chi connectivity index (χ1n) is 12.4. The van der Waals surface area contributed by atoms with Crippen molar-refractivity contribution in [1.82, 2.24) is 9.97 Å². The number of fused-ring (bicyclic) bond motifs is 8. The van der Waals surface area contributed by atoms with Gasteiger partial charge < -0.3 is 4.42 Å². The Hall–Kier alpha value is -5.02. The molecule has 0 amide bonds. The van der Waals surface area contributed by atoms with E-state index in [1.54, 1.807) is 0 Å². The van der Waals surface area contributed by atoms with Crippen molar-refractivity contribution >= 4 is 54.5 Å².